The van der Waals surface area contributed by atoms with Crippen molar-refractivity contribution in [1.82, 2.24) is 24.6 Å². The highest BCUT2D eigenvalue weighted by Crippen LogP contribution is 2.09. The van der Waals surface area contributed by atoms with Crippen LogP contribution in [0.5, 0.6) is 0 Å². The number of carbonyl (C=O) groups is 1. The lowest BCUT2D eigenvalue weighted by Gasteiger charge is -2.08. The average Bonchev–Trinajstić information content (AvgIpc) is 3.02. The number of hydrogen-bond acceptors (Lipinski definition) is 4. The monoisotopic (exact) mass is 371 g/mol. The molecule has 0 atom stereocenters. The van der Waals surface area contributed by atoms with Crippen molar-refractivity contribution >= 4 is 16.9 Å². The molecule has 1 N–H and O–H groups in total. The molecular weight excluding hydrogens is 349 g/mol. The third-order valence-electron chi connectivity index (χ3n) is 4.16. The summed E-state index contributed by atoms with van der Waals surface area (Å²) >= 11 is 0. The van der Waals surface area contributed by atoms with Crippen molar-refractivity contribution in [2.75, 3.05) is 6.54 Å². The molecule has 3 rings (SSSR count). The van der Waals surface area contributed by atoms with Gasteiger partial charge in [0.05, 0.1) is 19.3 Å². The Balaban J connectivity index is 1.74. The van der Waals surface area contributed by atoms with E-state index in [9.17, 15) is 14.0 Å². The van der Waals surface area contributed by atoms with E-state index in [1.165, 1.54) is 23.2 Å². The number of hydrogen-bond donors (Lipinski definition) is 1. The Kier molecular flexibility index (Phi) is 5.63. The van der Waals surface area contributed by atoms with E-state index in [1.54, 1.807) is 22.9 Å². The van der Waals surface area contributed by atoms with Crippen molar-refractivity contribution in [3.05, 3.63) is 58.5 Å². The van der Waals surface area contributed by atoms with E-state index in [4.69, 9.17) is 0 Å². The molecule has 0 bridgehead atoms. The first kappa shape index (κ1) is 18.8. The zero-order valence-electron chi connectivity index (χ0n) is 15.4. The van der Waals surface area contributed by atoms with Crippen LogP contribution in [0, 0.1) is 11.7 Å². The van der Waals surface area contributed by atoms with Gasteiger partial charge < -0.3 is 5.32 Å². The standard InChI is InChI=1S/C19H22FN5O2/c1-13(2)9-17(26)21-7-8-25-18-15(10-23-25)19(27)24(12-22-18)11-14-5-3-4-6-16(14)20/h3-6,10,12-13H,7-9,11H2,1-2H3,(H,21,26). The molecule has 2 aromatic heterocycles. The molecule has 7 nitrogen and oxygen atoms in total. The summed E-state index contributed by atoms with van der Waals surface area (Å²) in [6.45, 7) is 4.89. The number of fused-ring (bicyclic) bond motifs is 1. The Morgan fingerprint density at radius 2 is 2.07 bits per heavy atom. The Hall–Kier alpha value is -3.03. The Morgan fingerprint density at radius 1 is 1.30 bits per heavy atom. The summed E-state index contributed by atoms with van der Waals surface area (Å²) in [5.74, 6) is -0.0795. The van der Waals surface area contributed by atoms with Crippen LogP contribution in [-0.2, 0) is 17.9 Å². The first-order valence-electron chi connectivity index (χ1n) is 8.86. The van der Waals surface area contributed by atoms with E-state index in [1.807, 2.05) is 13.8 Å². The second kappa shape index (κ2) is 8.11. The average molecular weight is 371 g/mol. The molecule has 0 aliphatic carbocycles. The van der Waals surface area contributed by atoms with Crippen molar-refractivity contribution in [3.63, 3.8) is 0 Å². The fourth-order valence-electron chi connectivity index (χ4n) is 2.83. The number of carbonyl (C=O) groups excluding carboxylic acids is 1. The van der Waals surface area contributed by atoms with E-state index in [0.29, 0.717) is 42.0 Å². The number of halogens is 1. The summed E-state index contributed by atoms with van der Waals surface area (Å²) in [6, 6.07) is 6.32. The summed E-state index contributed by atoms with van der Waals surface area (Å²) in [4.78, 5) is 28.6. The molecule has 0 radical (unpaired) electrons. The van der Waals surface area contributed by atoms with Gasteiger partial charge in [0.2, 0.25) is 5.91 Å². The lowest BCUT2D eigenvalue weighted by atomic mass is 10.1. The van der Waals surface area contributed by atoms with Crippen LogP contribution >= 0.6 is 0 Å². The van der Waals surface area contributed by atoms with Gasteiger partial charge in [0.25, 0.3) is 5.56 Å². The van der Waals surface area contributed by atoms with Crippen LogP contribution in [-0.4, -0.2) is 31.8 Å². The number of nitrogens with zero attached hydrogens (tertiary/aromatic N) is 4. The summed E-state index contributed by atoms with van der Waals surface area (Å²) in [5, 5.41) is 7.39. The predicted molar refractivity (Wildman–Crippen MR) is 99.8 cm³/mol. The topological polar surface area (TPSA) is 81.8 Å². The van der Waals surface area contributed by atoms with Crippen molar-refractivity contribution < 1.29 is 9.18 Å². The molecule has 8 heteroatoms. The maximum Gasteiger partial charge on any atom is 0.264 e. The van der Waals surface area contributed by atoms with E-state index < -0.39 is 0 Å². The maximum absolute atomic E-state index is 13.8. The third-order valence-corrected chi connectivity index (χ3v) is 4.16. The maximum atomic E-state index is 13.8. The zero-order valence-corrected chi connectivity index (χ0v) is 15.4. The fourth-order valence-corrected chi connectivity index (χ4v) is 2.83. The van der Waals surface area contributed by atoms with Crippen LogP contribution in [0.4, 0.5) is 4.39 Å². The van der Waals surface area contributed by atoms with Gasteiger partial charge in [-0.25, -0.2) is 14.1 Å². The highest BCUT2D eigenvalue weighted by Gasteiger charge is 2.12. The molecule has 0 spiro atoms. The van der Waals surface area contributed by atoms with Crippen LogP contribution in [0.25, 0.3) is 11.0 Å². The molecule has 0 saturated heterocycles. The van der Waals surface area contributed by atoms with Gasteiger partial charge in [-0.15, -0.1) is 0 Å². The van der Waals surface area contributed by atoms with Crippen LogP contribution in [0.2, 0.25) is 0 Å². The Labute approximate surface area is 155 Å². The number of amides is 1. The fraction of sp³-hybridized carbons (Fsp3) is 0.368. The largest absolute Gasteiger partial charge is 0.354 e. The molecule has 27 heavy (non-hydrogen) atoms. The van der Waals surface area contributed by atoms with Gasteiger partial charge in [0.15, 0.2) is 5.65 Å². The number of benzene rings is 1. The van der Waals surface area contributed by atoms with Crippen LogP contribution in [0.15, 0.2) is 41.6 Å². The van der Waals surface area contributed by atoms with Crippen molar-refractivity contribution in [3.8, 4) is 0 Å². The summed E-state index contributed by atoms with van der Waals surface area (Å²) in [5.41, 5.74) is 0.585. The van der Waals surface area contributed by atoms with Gasteiger partial charge in [-0.1, -0.05) is 32.0 Å². The summed E-state index contributed by atoms with van der Waals surface area (Å²) in [6.07, 6.45) is 3.32. The van der Waals surface area contributed by atoms with Crippen molar-refractivity contribution in [2.45, 2.75) is 33.4 Å². The normalized spacial score (nSPS) is 11.3. The van der Waals surface area contributed by atoms with E-state index in [-0.39, 0.29) is 23.8 Å². The van der Waals surface area contributed by atoms with Gasteiger partial charge in [-0.3, -0.25) is 14.2 Å². The van der Waals surface area contributed by atoms with Crippen molar-refractivity contribution in [2.24, 2.45) is 5.92 Å². The highest BCUT2D eigenvalue weighted by molar-refractivity contribution is 5.76. The van der Waals surface area contributed by atoms with Crippen LogP contribution in [0.3, 0.4) is 0 Å². The van der Waals surface area contributed by atoms with E-state index in [2.05, 4.69) is 15.4 Å². The minimum absolute atomic E-state index is 0.0123. The van der Waals surface area contributed by atoms with Gasteiger partial charge >= 0.3 is 0 Å². The molecule has 1 aromatic carbocycles. The molecule has 3 aromatic rings. The SMILES string of the molecule is CC(C)CC(=O)NCCn1ncc2c(=O)n(Cc3ccccc3F)cnc21. The third kappa shape index (κ3) is 4.39. The number of nitrogens with one attached hydrogen (secondary N) is 1. The second-order valence-corrected chi connectivity index (χ2v) is 6.82. The first-order chi connectivity index (χ1) is 13.0. The molecule has 142 valence electrons. The second-order valence-electron chi connectivity index (χ2n) is 6.82. The van der Waals surface area contributed by atoms with Crippen LogP contribution in [0.1, 0.15) is 25.8 Å². The van der Waals surface area contributed by atoms with Gasteiger partial charge in [0.1, 0.15) is 17.5 Å². The minimum Gasteiger partial charge on any atom is -0.354 e. The lowest BCUT2D eigenvalue weighted by molar-refractivity contribution is -0.121. The quantitative estimate of drug-likeness (QED) is 0.688. The number of aromatic nitrogens is 4. The van der Waals surface area contributed by atoms with Gasteiger partial charge in [0, 0.05) is 18.5 Å². The zero-order chi connectivity index (χ0) is 19.4. The summed E-state index contributed by atoms with van der Waals surface area (Å²) < 4.78 is 16.8. The molecule has 0 fully saturated rings. The predicted octanol–water partition coefficient (Wildman–Crippen LogP) is 1.94. The van der Waals surface area contributed by atoms with Gasteiger partial charge in [-0.05, 0) is 12.0 Å². The molecular formula is C19H22FN5O2. The Morgan fingerprint density at radius 3 is 2.81 bits per heavy atom. The Bertz CT molecular complexity index is 1010. The van der Waals surface area contributed by atoms with E-state index in [0.717, 1.165) is 0 Å². The molecule has 0 unspecified atom stereocenters. The lowest BCUT2D eigenvalue weighted by Crippen LogP contribution is -2.28. The smallest absolute Gasteiger partial charge is 0.264 e. The molecule has 0 aliphatic heterocycles. The molecule has 2 heterocycles. The van der Waals surface area contributed by atoms with Crippen LogP contribution < -0.4 is 10.9 Å². The highest BCUT2D eigenvalue weighted by atomic mass is 19.1. The van der Waals surface area contributed by atoms with Gasteiger partial charge in [-0.2, -0.15) is 5.10 Å². The van der Waals surface area contributed by atoms with E-state index >= 15 is 0 Å². The summed E-state index contributed by atoms with van der Waals surface area (Å²) in [7, 11) is 0. The molecule has 0 aliphatic rings. The molecule has 0 saturated carbocycles. The first-order valence-corrected chi connectivity index (χ1v) is 8.86. The minimum atomic E-state index is -0.364. The molecule has 1 amide bonds. The number of rotatable bonds is 7. The van der Waals surface area contributed by atoms with Crippen molar-refractivity contribution in [1.29, 1.82) is 0 Å².